The Morgan fingerprint density at radius 2 is 2.24 bits per heavy atom. The third-order valence-electron chi connectivity index (χ3n) is 3.17. The van der Waals surface area contributed by atoms with Crippen LogP contribution < -0.4 is 15.4 Å². The van der Waals surface area contributed by atoms with Gasteiger partial charge in [-0.1, -0.05) is 0 Å². The van der Waals surface area contributed by atoms with E-state index < -0.39 is 17.8 Å². The summed E-state index contributed by atoms with van der Waals surface area (Å²) in [6.45, 7) is 0.553. The molecule has 3 N–H and O–H groups in total. The zero-order valence-corrected chi connectivity index (χ0v) is 11.4. The number of fused-ring (bicyclic) bond motifs is 1. The van der Waals surface area contributed by atoms with Crippen molar-refractivity contribution in [1.29, 1.82) is 0 Å². The van der Waals surface area contributed by atoms with Crippen LogP contribution in [0.2, 0.25) is 0 Å². The van der Waals surface area contributed by atoms with Crippen LogP contribution in [0.1, 0.15) is 30.9 Å². The van der Waals surface area contributed by atoms with Crippen LogP contribution in [0, 0.1) is 5.82 Å². The van der Waals surface area contributed by atoms with Gasteiger partial charge in [-0.15, -0.1) is 0 Å². The Morgan fingerprint density at radius 3 is 3.00 bits per heavy atom. The summed E-state index contributed by atoms with van der Waals surface area (Å²) < 4.78 is 18.9. The molecule has 1 aliphatic heterocycles. The highest BCUT2D eigenvalue weighted by molar-refractivity contribution is 5.75. The lowest BCUT2D eigenvalue weighted by molar-refractivity contribution is -0.136. The van der Waals surface area contributed by atoms with E-state index in [0.29, 0.717) is 24.3 Å². The molecule has 2 amide bonds. The van der Waals surface area contributed by atoms with Gasteiger partial charge in [0.1, 0.15) is 11.6 Å². The summed E-state index contributed by atoms with van der Waals surface area (Å²) in [5, 5.41) is 13.7. The number of rotatable bonds is 4. The maximum Gasteiger partial charge on any atom is 0.315 e. The molecule has 114 valence electrons. The van der Waals surface area contributed by atoms with Crippen molar-refractivity contribution in [3.05, 3.63) is 29.6 Å². The normalized spacial score (nSPS) is 17.1. The number of carboxylic acids is 1. The number of carboxylic acid groups (broad SMARTS) is 1. The number of carbonyl (C=O) groups excluding carboxylic acids is 1. The molecule has 1 aromatic carbocycles. The maximum atomic E-state index is 13.4. The van der Waals surface area contributed by atoms with Crippen molar-refractivity contribution >= 4 is 12.0 Å². The smallest absolute Gasteiger partial charge is 0.315 e. The van der Waals surface area contributed by atoms with E-state index in [4.69, 9.17) is 9.84 Å². The van der Waals surface area contributed by atoms with Gasteiger partial charge in [-0.25, -0.2) is 9.18 Å². The van der Waals surface area contributed by atoms with Crippen molar-refractivity contribution < 1.29 is 23.8 Å². The molecular weight excluding hydrogens is 279 g/mol. The number of halogens is 1. The topological polar surface area (TPSA) is 87.7 Å². The Hall–Kier alpha value is -2.31. The van der Waals surface area contributed by atoms with Gasteiger partial charge in [-0.3, -0.25) is 4.79 Å². The standard InChI is InChI=1S/C14H17FN2O4/c15-9-3-4-12-10(8-9)11(2-1-7-21-12)17-14(20)16-6-5-13(18)19/h3-4,8,11H,1-2,5-7H2,(H,18,19)(H2,16,17,20). The summed E-state index contributed by atoms with van der Waals surface area (Å²) in [6.07, 6.45) is 1.21. The molecule has 0 aliphatic carbocycles. The van der Waals surface area contributed by atoms with Crippen LogP contribution in [-0.4, -0.2) is 30.3 Å². The van der Waals surface area contributed by atoms with E-state index in [1.54, 1.807) is 6.07 Å². The van der Waals surface area contributed by atoms with E-state index in [1.165, 1.54) is 12.1 Å². The van der Waals surface area contributed by atoms with E-state index in [9.17, 15) is 14.0 Å². The summed E-state index contributed by atoms with van der Waals surface area (Å²) in [5.74, 6) is -0.812. The largest absolute Gasteiger partial charge is 0.493 e. The van der Waals surface area contributed by atoms with Crippen LogP contribution in [0.3, 0.4) is 0 Å². The van der Waals surface area contributed by atoms with Gasteiger partial charge in [0.15, 0.2) is 0 Å². The van der Waals surface area contributed by atoms with E-state index in [0.717, 1.165) is 6.42 Å². The second kappa shape index (κ2) is 6.92. The van der Waals surface area contributed by atoms with Crippen molar-refractivity contribution in [2.24, 2.45) is 0 Å². The summed E-state index contributed by atoms with van der Waals surface area (Å²) in [7, 11) is 0. The van der Waals surface area contributed by atoms with Crippen LogP contribution in [0.5, 0.6) is 5.75 Å². The Bertz CT molecular complexity index is 536. The van der Waals surface area contributed by atoms with Crippen molar-refractivity contribution in [2.45, 2.75) is 25.3 Å². The van der Waals surface area contributed by atoms with E-state index >= 15 is 0 Å². The van der Waals surface area contributed by atoms with Gasteiger partial charge >= 0.3 is 12.0 Å². The Balaban J connectivity index is 2.01. The third kappa shape index (κ3) is 4.34. The second-order valence-corrected chi connectivity index (χ2v) is 4.77. The molecule has 1 aromatic rings. The minimum atomic E-state index is -0.981. The second-order valence-electron chi connectivity index (χ2n) is 4.77. The average Bonchev–Trinajstić information content (AvgIpc) is 2.61. The molecule has 7 heteroatoms. The SMILES string of the molecule is O=C(O)CCNC(=O)NC1CCCOc2ccc(F)cc21. The molecule has 1 aliphatic rings. The fourth-order valence-electron chi connectivity index (χ4n) is 2.19. The lowest BCUT2D eigenvalue weighted by Crippen LogP contribution is -2.38. The number of urea groups is 1. The number of ether oxygens (including phenoxy) is 1. The Kier molecular flexibility index (Phi) is 4.97. The molecule has 0 saturated heterocycles. The molecule has 2 rings (SSSR count). The van der Waals surface area contributed by atoms with Crippen molar-refractivity contribution in [3.8, 4) is 5.75 Å². The van der Waals surface area contributed by atoms with Gasteiger partial charge < -0.3 is 20.5 Å². The molecule has 1 unspecified atom stereocenters. The zero-order chi connectivity index (χ0) is 15.2. The monoisotopic (exact) mass is 296 g/mol. The number of aliphatic carboxylic acids is 1. The summed E-state index contributed by atoms with van der Waals surface area (Å²) in [4.78, 5) is 22.1. The van der Waals surface area contributed by atoms with E-state index in [2.05, 4.69) is 10.6 Å². The number of hydrogen-bond donors (Lipinski definition) is 3. The molecule has 0 aromatic heterocycles. The highest BCUT2D eigenvalue weighted by atomic mass is 19.1. The van der Waals surface area contributed by atoms with Crippen molar-refractivity contribution in [3.63, 3.8) is 0 Å². The van der Waals surface area contributed by atoms with Crippen LogP contribution in [0.4, 0.5) is 9.18 Å². The van der Waals surface area contributed by atoms with Gasteiger partial charge in [-0.2, -0.15) is 0 Å². The molecule has 0 fully saturated rings. The molecule has 0 spiro atoms. The molecule has 6 nitrogen and oxygen atoms in total. The van der Waals surface area contributed by atoms with Crippen molar-refractivity contribution in [2.75, 3.05) is 13.2 Å². The molecule has 1 heterocycles. The lowest BCUT2D eigenvalue weighted by Gasteiger charge is -2.18. The zero-order valence-electron chi connectivity index (χ0n) is 11.4. The number of nitrogens with one attached hydrogen (secondary N) is 2. The van der Waals surface area contributed by atoms with Crippen LogP contribution in [0.15, 0.2) is 18.2 Å². The molecule has 0 radical (unpaired) electrons. The lowest BCUT2D eigenvalue weighted by atomic mass is 10.0. The van der Waals surface area contributed by atoms with Crippen LogP contribution in [-0.2, 0) is 4.79 Å². The molecule has 21 heavy (non-hydrogen) atoms. The average molecular weight is 296 g/mol. The molecule has 0 saturated carbocycles. The highest BCUT2D eigenvalue weighted by Crippen LogP contribution is 2.31. The fraction of sp³-hybridized carbons (Fsp3) is 0.429. The molecule has 1 atom stereocenters. The van der Waals surface area contributed by atoms with Gasteiger partial charge in [0, 0.05) is 12.1 Å². The van der Waals surface area contributed by atoms with Gasteiger partial charge in [0.05, 0.1) is 19.1 Å². The van der Waals surface area contributed by atoms with Crippen LogP contribution >= 0.6 is 0 Å². The number of carbonyl (C=O) groups is 2. The summed E-state index contributed by atoms with van der Waals surface area (Å²) in [6, 6.07) is 3.38. The fourth-order valence-corrected chi connectivity index (χ4v) is 2.19. The van der Waals surface area contributed by atoms with Crippen molar-refractivity contribution in [1.82, 2.24) is 10.6 Å². The Labute approximate surface area is 121 Å². The first kappa shape index (κ1) is 15.1. The maximum absolute atomic E-state index is 13.4. The minimum Gasteiger partial charge on any atom is -0.493 e. The number of hydrogen-bond acceptors (Lipinski definition) is 3. The van der Waals surface area contributed by atoms with Gasteiger partial charge in [0.2, 0.25) is 0 Å². The first-order valence-electron chi connectivity index (χ1n) is 6.74. The first-order valence-corrected chi connectivity index (χ1v) is 6.74. The highest BCUT2D eigenvalue weighted by Gasteiger charge is 2.22. The minimum absolute atomic E-state index is 0.0421. The first-order chi connectivity index (χ1) is 10.1. The predicted octanol–water partition coefficient (Wildman–Crippen LogP) is 1.81. The summed E-state index contributed by atoms with van der Waals surface area (Å²) >= 11 is 0. The third-order valence-corrected chi connectivity index (χ3v) is 3.17. The molecule has 0 bridgehead atoms. The Morgan fingerprint density at radius 1 is 1.43 bits per heavy atom. The van der Waals surface area contributed by atoms with E-state index in [-0.39, 0.29) is 19.0 Å². The van der Waals surface area contributed by atoms with Crippen LogP contribution in [0.25, 0.3) is 0 Å². The van der Waals surface area contributed by atoms with Gasteiger partial charge in [-0.05, 0) is 31.0 Å². The number of benzene rings is 1. The quantitative estimate of drug-likeness (QED) is 0.790. The number of amides is 2. The summed E-state index contributed by atoms with van der Waals surface area (Å²) in [5.41, 5.74) is 0.598. The van der Waals surface area contributed by atoms with Gasteiger partial charge in [0.25, 0.3) is 0 Å². The predicted molar refractivity (Wildman–Crippen MR) is 72.7 cm³/mol. The molecular formula is C14H17FN2O4. The van der Waals surface area contributed by atoms with E-state index in [1.807, 2.05) is 0 Å².